The molecule has 1 heterocycles. The maximum absolute atomic E-state index is 12.1. The molecule has 1 aliphatic heterocycles. The van der Waals surface area contributed by atoms with Crippen molar-refractivity contribution in [1.82, 2.24) is 10.6 Å². The van der Waals surface area contributed by atoms with Crippen molar-refractivity contribution in [2.75, 3.05) is 19.6 Å². The van der Waals surface area contributed by atoms with Gasteiger partial charge in [0, 0.05) is 6.54 Å². The van der Waals surface area contributed by atoms with Crippen LogP contribution in [0.1, 0.15) is 29.5 Å². The van der Waals surface area contributed by atoms with Gasteiger partial charge in [-0.05, 0) is 62.0 Å². The minimum absolute atomic E-state index is 0.0757. The van der Waals surface area contributed by atoms with Crippen LogP contribution in [0.2, 0.25) is 0 Å². The van der Waals surface area contributed by atoms with E-state index in [9.17, 15) is 4.79 Å². The number of aryl methyl sites for hydroxylation is 1. The van der Waals surface area contributed by atoms with E-state index in [1.807, 2.05) is 30.3 Å². The maximum Gasteiger partial charge on any atom is 0.224 e. The van der Waals surface area contributed by atoms with Crippen LogP contribution in [0.15, 0.2) is 48.5 Å². The highest BCUT2D eigenvalue weighted by Gasteiger charge is 2.14. The van der Waals surface area contributed by atoms with E-state index in [4.69, 9.17) is 4.74 Å². The van der Waals surface area contributed by atoms with Gasteiger partial charge in [-0.25, -0.2) is 0 Å². The smallest absolute Gasteiger partial charge is 0.224 e. The van der Waals surface area contributed by atoms with Gasteiger partial charge in [0.15, 0.2) is 0 Å². The Morgan fingerprint density at radius 1 is 1.19 bits per heavy atom. The molecule has 3 rings (SSSR count). The third kappa shape index (κ3) is 5.88. The summed E-state index contributed by atoms with van der Waals surface area (Å²) in [4.78, 5) is 12.1. The van der Waals surface area contributed by atoms with Crippen LogP contribution in [-0.2, 0) is 17.8 Å². The van der Waals surface area contributed by atoms with Gasteiger partial charge in [-0.1, -0.05) is 42.0 Å². The molecular formula is C22H28N2O2. The number of hydrogen-bond donors (Lipinski definition) is 2. The van der Waals surface area contributed by atoms with E-state index in [2.05, 4.69) is 35.8 Å². The molecule has 0 radical (unpaired) electrons. The third-order valence-corrected chi connectivity index (χ3v) is 4.79. The van der Waals surface area contributed by atoms with Crippen LogP contribution in [0, 0.1) is 12.8 Å². The van der Waals surface area contributed by atoms with Crippen LogP contribution in [0.4, 0.5) is 0 Å². The number of nitrogens with one attached hydrogen (secondary N) is 2. The van der Waals surface area contributed by atoms with Gasteiger partial charge in [-0.3, -0.25) is 4.79 Å². The lowest BCUT2D eigenvalue weighted by atomic mass is 10.1. The van der Waals surface area contributed by atoms with E-state index in [0.29, 0.717) is 18.9 Å². The lowest BCUT2D eigenvalue weighted by Gasteiger charge is -2.11. The van der Waals surface area contributed by atoms with Crippen LogP contribution >= 0.6 is 0 Å². The van der Waals surface area contributed by atoms with Gasteiger partial charge in [-0.15, -0.1) is 0 Å². The predicted molar refractivity (Wildman–Crippen MR) is 104 cm³/mol. The summed E-state index contributed by atoms with van der Waals surface area (Å²) in [5, 5.41) is 6.39. The Bertz CT molecular complexity index is 724. The second-order valence-corrected chi connectivity index (χ2v) is 7.10. The highest BCUT2D eigenvalue weighted by molar-refractivity contribution is 5.78. The summed E-state index contributed by atoms with van der Waals surface area (Å²) in [6, 6.07) is 16.1. The zero-order valence-corrected chi connectivity index (χ0v) is 15.5. The van der Waals surface area contributed by atoms with Crippen LogP contribution in [0.5, 0.6) is 5.75 Å². The molecule has 4 nitrogen and oxygen atoms in total. The average Bonchev–Trinajstić information content (AvgIpc) is 3.14. The van der Waals surface area contributed by atoms with E-state index in [1.165, 1.54) is 12.0 Å². The Balaban J connectivity index is 1.44. The maximum atomic E-state index is 12.1. The summed E-state index contributed by atoms with van der Waals surface area (Å²) < 4.78 is 5.88. The molecule has 0 bridgehead atoms. The molecule has 1 atom stereocenters. The fourth-order valence-electron chi connectivity index (χ4n) is 3.34. The second kappa shape index (κ2) is 9.39. The molecule has 1 unspecified atom stereocenters. The molecule has 1 fully saturated rings. The summed E-state index contributed by atoms with van der Waals surface area (Å²) in [6.45, 7) is 5.55. The fourth-order valence-corrected chi connectivity index (χ4v) is 3.34. The normalized spacial score (nSPS) is 16.4. The number of amides is 1. The highest BCUT2D eigenvalue weighted by Crippen LogP contribution is 2.16. The van der Waals surface area contributed by atoms with Gasteiger partial charge < -0.3 is 15.4 Å². The zero-order valence-electron chi connectivity index (χ0n) is 15.5. The molecule has 1 aliphatic rings. The van der Waals surface area contributed by atoms with E-state index in [-0.39, 0.29) is 5.91 Å². The summed E-state index contributed by atoms with van der Waals surface area (Å²) in [7, 11) is 0. The highest BCUT2D eigenvalue weighted by atomic mass is 16.5. The first-order chi connectivity index (χ1) is 12.7. The quantitative estimate of drug-likeness (QED) is 0.767. The van der Waals surface area contributed by atoms with Crippen molar-refractivity contribution in [2.45, 2.75) is 32.8 Å². The summed E-state index contributed by atoms with van der Waals surface area (Å²) in [5.74, 6) is 1.58. The zero-order chi connectivity index (χ0) is 18.2. The first kappa shape index (κ1) is 18.5. The molecule has 2 aromatic carbocycles. The fraction of sp³-hybridized carbons (Fsp3) is 0.409. The molecule has 2 N–H and O–H groups in total. The molecule has 4 heteroatoms. The average molecular weight is 352 g/mol. The first-order valence-corrected chi connectivity index (χ1v) is 9.44. The largest absolute Gasteiger partial charge is 0.489 e. The summed E-state index contributed by atoms with van der Waals surface area (Å²) in [5.41, 5.74) is 3.35. The first-order valence-electron chi connectivity index (χ1n) is 9.44. The number of carbonyl (C=O) groups is 1. The molecule has 1 saturated heterocycles. The van der Waals surface area contributed by atoms with Crippen LogP contribution in [0.25, 0.3) is 0 Å². The molecular weight excluding hydrogens is 324 g/mol. The van der Waals surface area contributed by atoms with Crippen molar-refractivity contribution in [3.05, 3.63) is 65.2 Å². The topological polar surface area (TPSA) is 50.4 Å². The second-order valence-electron chi connectivity index (χ2n) is 7.10. The standard InChI is InChI=1S/C22H28N2O2/c1-17-4-2-6-20(12-17)16-26-21-7-3-5-19(13-21)14-22(25)24-11-9-18-8-10-23-15-18/h2-7,12-13,18,23H,8-11,14-16H2,1H3,(H,24,25). The number of carbonyl (C=O) groups excluding carboxylic acids is 1. The van der Waals surface area contributed by atoms with Crippen LogP contribution in [-0.4, -0.2) is 25.5 Å². The summed E-state index contributed by atoms with van der Waals surface area (Å²) in [6.07, 6.45) is 2.67. The van der Waals surface area contributed by atoms with Gasteiger partial charge in [0.05, 0.1) is 6.42 Å². The van der Waals surface area contributed by atoms with Gasteiger partial charge in [0.2, 0.25) is 5.91 Å². The molecule has 1 amide bonds. The molecule has 0 saturated carbocycles. The van der Waals surface area contributed by atoms with Crippen LogP contribution < -0.4 is 15.4 Å². The molecule has 26 heavy (non-hydrogen) atoms. The number of hydrogen-bond acceptors (Lipinski definition) is 3. The molecule has 0 aliphatic carbocycles. The van der Waals surface area contributed by atoms with E-state index in [1.54, 1.807) is 0 Å². The Hall–Kier alpha value is -2.33. The van der Waals surface area contributed by atoms with Gasteiger partial charge in [-0.2, -0.15) is 0 Å². The Morgan fingerprint density at radius 3 is 2.85 bits per heavy atom. The van der Waals surface area contributed by atoms with E-state index < -0.39 is 0 Å². The Kier molecular flexibility index (Phi) is 6.67. The molecule has 0 spiro atoms. The van der Waals surface area contributed by atoms with Crippen molar-refractivity contribution in [3.8, 4) is 5.75 Å². The minimum atomic E-state index is 0.0757. The van der Waals surface area contributed by atoms with Crippen LogP contribution in [0.3, 0.4) is 0 Å². The number of benzene rings is 2. The minimum Gasteiger partial charge on any atom is -0.489 e. The van der Waals surface area contributed by atoms with Crippen molar-refractivity contribution in [3.63, 3.8) is 0 Å². The van der Waals surface area contributed by atoms with Crippen molar-refractivity contribution >= 4 is 5.91 Å². The van der Waals surface area contributed by atoms with Crippen molar-refractivity contribution in [1.29, 1.82) is 0 Å². The number of rotatable bonds is 8. The molecule has 2 aromatic rings. The number of ether oxygens (including phenoxy) is 1. The third-order valence-electron chi connectivity index (χ3n) is 4.79. The molecule has 0 aromatic heterocycles. The van der Waals surface area contributed by atoms with Gasteiger partial charge >= 0.3 is 0 Å². The SMILES string of the molecule is Cc1cccc(COc2cccc(CC(=O)NCCC3CCNC3)c2)c1. The summed E-state index contributed by atoms with van der Waals surface area (Å²) >= 11 is 0. The van der Waals surface area contributed by atoms with Gasteiger partial charge in [0.25, 0.3) is 0 Å². The Morgan fingerprint density at radius 2 is 2.04 bits per heavy atom. The van der Waals surface area contributed by atoms with Gasteiger partial charge in [0.1, 0.15) is 12.4 Å². The van der Waals surface area contributed by atoms with E-state index >= 15 is 0 Å². The molecule has 138 valence electrons. The van der Waals surface area contributed by atoms with Crippen molar-refractivity contribution < 1.29 is 9.53 Å². The lowest BCUT2D eigenvalue weighted by Crippen LogP contribution is -2.27. The monoisotopic (exact) mass is 352 g/mol. The van der Waals surface area contributed by atoms with Crippen molar-refractivity contribution in [2.24, 2.45) is 5.92 Å². The lowest BCUT2D eigenvalue weighted by molar-refractivity contribution is -0.120. The van der Waals surface area contributed by atoms with E-state index in [0.717, 1.165) is 42.9 Å². The predicted octanol–water partition coefficient (Wildman–Crippen LogP) is 3.23. The Labute approximate surface area is 156 Å².